The molecule has 0 unspecified atom stereocenters. The Morgan fingerprint density at radius 2 is 1.59 bits per heavy atom. The van der Waals surface area contributed by atoms with Gasteiger partial charge in [-0.25, -0.2) is 14.8 Å². The molecule has 0 bridgehead atoms. The number of allylic oxidation sites excluding steroid dienone is 1. The van der Waals surface area contributed by atoms with E-state index in [0.717, 1.165) is 134 Å². The number of amides is 4. The highest BCUT2D eigenvalue weighted by molar-refractivity contribution is 6.36. The molecule has 0 aliphatic carbocycles. The number of aromatic amines is 1. The molecule has 61 heavy (non-hydrogen) atoms. The number of imide groups is 1. The van der Waals surface area contributed by atoms with Gasteiger partial charge in [-0.2, -0.15) is 0 Å². The average molecular weight is 848 g/mol. The molecule has 4 saturated heterocycles. The molecule has 14 heteroatoms. The Bertz CT molecular complexity index is 2370. The summed E-state index contributed by atoms with van der Waals surface area (Å²) in [5.41, 5.74) is 7.10. The Morgan fingerprint density at radius 3 is 2.28 bits per heavy atom. The molecular formula is C47H59ClN10O3. The summed E-state index contributed by atoms with van der Waals surface area (Å²) >= 11 is 6.58. The molecule has 4 amide bonds. The van der Waals surface area contributed by atoms with Gasteiger partial charge in [0.25, 0.3) is 5.91 Å². The van der Waals surface area contributed by atoms with Gasteiger partial charge in [0.1, 0.15) is 0 Å². The number of rotatable bonds is 9. The van der Waals surface area contributed by atoms with Crippen LogP contribution in [0.5, 0.6) is 0 Å². The van der Waals surface area contributed by atoms with Crippen LogP contribution in [0.25, 0.3) is 27.4 Å². The Hall–Kier alpha value is -5.40. The largest absolute Gasteiger partial charge is 0.370 e. The number of likely N-dealkylation sites (tertiary alicyclic amines) is 1. The molecule has 0 atom stereocenters. The minimum atomic E-state index is -0.349. The number of nitrogens with zero attached hydrogens (tertiary/aromatic N) is 7. The standard InChI is InChI=1S/C44H51ClN10O3.C3H8/c1-28(2)34-26-46-41-38(7-6-35(45)40(34)41)53-20-10-30(11-21-53)49-43(57)42-47-24-32(25-48-42)52-18-8-29(9-19-52)27-51-16-12-31(13-17-51)54-22-14-33-36(54)4-3-5-37(33)55-23-15-39(56)50-44(55)58;1-3-2/h3-7,14,22,24-26,29-31,46H,1,8-13,15-21,23,27H2,2H3,(H,49,57)(H,50,56,58);3H2,1-2H3. The van der Waals surface area contributed by atoms with Crippen molar-refractivity contribution < 1.29 is 14.4 Å². The third-order valence-electron chi connectivity index (χ3n) is 12.8. The van der Waals surface area contributed by atoms with E-state index in [1.54, 1.807) is 17.3 Å². The molecule has 13 nitrogen and oxygen atoms in total. The summed E-state index contributed by atoms with van der Waals surface area (Å²) in [5, 5.41) is 8.39. The third kappa shape index (κ3) is 9.13. The van der Waals surface area contributed by atoms with Gasteiger partial charge in [0.15, 0.2) is 0 Å². The Morgan fingerprint density at radius 1 is 0.885 bits per heavy atom. The molecule has 0 spiro atoms. The molecular weight excluding hydrogens is 788 g/mol. The van der Waals surface area contributed by atoms with Crippen LogP contribution in [0.1, 0.15) is 94.4 Å². The van der Waals surface area contributed by atoms with Crippen LogP contribution in [0, 0.1) is 5.92 Å². The fraction of sp³-hybridized carbons (Fsp3) is 0.468. The highest BCUT2D eigenvalue weighted by Gasteiger charge is 2.30. The van der Waals surface area contributed by atoms with Crippen LogP contribution in [0.2, 0.25) is 5.02 Å². The third-order valence-corrected chi connectivity index (χ3v) is 13.1. The van der Waals surface area contributed by atoms with Crippen molar-refractivity contribution in [2.24, 2.45) is 5.92 Å². The monoisotopic (exact) mass is 846 g/mol. The van der Waals surface area contributed by atoms with Crippen LogP contribution >= 0.6 is 11.6 Å². The van der Waals surface area contributed by atoms with Gasteiger partial charge in [-0.15, -0.1) is 0 Å². The number of urea groups is 1. The number of halogens is 1. The number of aromatic nitrogens is 4. The number of piperidine rings is 3. The molecule has 3 N–H and O–H groups in total. The summed E-state index contributed by atoms with van der Waals surface area (Å²) in [6.07, 6.45) is 15.3. The van der Waals surface area contributed by atoms with E-state index < -0.39 is 0 Å². The topological polar surface area (TPSA) is 135 Å². The summed E-state index contributed by atoms with van der Waals surface area (Å²) in [6, 6.07) is 12.4. The molecule has 5 aromatic rings. The lowest BCUT2D eigenvalue weighted by atomic mass is 9.94. The van der Waals surface area contributed by atoms with E-state index in [9.17, 15) is 14.4 Å². The quantitative estimate of drug-likeness (QED) is 0.135. The van der Waals surface area contributed by atoms with Gasteiger partial charge in [0.2, 0.25) is 11.7 Å². The maximum absolute atomic E-state index is 13.2. The van der Waals surface area contributed by atoms with E-state index in [2.05, 4.69) is 89.7 Å². The predicted octanol–water partition coefficient (Wildman–Crippen LogP) is 8.41. The van der Waals surface area contributed by atoms with Gasteiger partial charge in [-0.05, 0) is 87.3 Å². The fourth-order valence-electron chi connectivity index (χ4n) is 9.55. The van der Waals surface area contributed by atoms with Crippen molar-refractivity contribution in [3.63, 3.8) is 0 Å². The summed E-state index contributed by atoms with van der Waals surface area (Å²) < 4.78 is 2.38. The molecule has 4 fully saturated rings. The zero-order chi connectivity index (χ0) is 42.6. The van der Waals surface area contributed by atoms with Crippen molar-refractivity contribution in [2.45, 2.75) is 84.2 Å². The van der Waals surface area contributed by atoms with Gasteiger partial charge in [-0.1, -0.05) is 44.5 Å². The first-order valence-corrected chi connectivity index (χ1v) is 22.5. The van der Waals surface area contributed by atoms with E-state index in [1.165, 1.54) is 6.42 Å². The van der Waals surface area contributed by atoms with E-state index in [0.29, 0.717) is 29.9 Å². The van der Waals surface area contributed by atoms with Gasteiger partial charge >= 0.3 is 6.03 Å². The van der Waals surface area contributed by atoms with Gasteiger partial charge in [0, 0.05) is 99.6 Å². The minimum Gasteiger partial charge on any atom is -0.370 e. The molecule has 7 heterocycles. The van der Waals surface area contributed by atoms with Gasteiger partial charge in [-0.3, -0.25) is 19.8 Å². The van der Waals surface area contributed by atoms with E-state index in [1.807, 2.05) is 31.3 Å². The number of H-pyrrole nitrogens is 1. The van der Waals surface area contributed by atoms with Gasteiger partial charge < -0.3 is 29.6 Å². The van der Waals surface area contributed by atoms with Crippen LogP contribution < -0.4 is 25.3 Å². The van der Waals surface area contributed by atoms with Crippen molar-refractivity contribution in [3.8, 4) is 0 Å². The number of carbonyl (C=O) groups is 3. The van der Waals surface area contributed by atoms with Crippen LogP contribution in [0.15, 0.2) is 67.8 Å². The number of hydrogen-bond acceptors (Lipinski definition) is 8. The summed E-state index contributed by atoms with van der Waals surface area (Å²) in [7, 11) is 0. The number of benzene rings is 2. The lowest BCUT2D eigenvalue weighted by Gasteiger charge is -2.38. The first-order valence-electron chi connectivity index (χ1n) is 22.1. The minimum absolute atomic E-state index is 0.0569. The molecule has 4 aliphatic rings. The van der Waals surface area contributed by atoms with E-state index in [-0.39, 0.29) is 29.7 Å². The Balaban J connectivity index is 0.00000166. The SMILES string of the molecule is C=C(C)c1c[nH]c2c(N3CCC(NC(=O)c4ncc(N5CCC(CN6CCC(n7ccc8c(N9CCC(=O)NC9=O)cccc87)CC6)CC5)cn4)CC3)ccc(Cl)c12.CCC. The average Bonchev–Trinajstić information content (AvgIpc) is 3.92. The molecule has 2 aromatic carbocycles. The highest BCUT2D eigenvalue weighted by atomic mass is 35.5. The number of anilines is 3. The zero-order valence-corrected chi connectivity index (χ0v) is 36.5. The van der Waals surface area contributed by atoms with E-state index in [4.69, 9.17) is 11.6 Å². The predicted molar refractivity (Wildman–Crippen MR) is 246 cm³/mol. The lowest BCUT2D eigenvalue weighted by Crippen LogP contribution is -2.49. The number of carbonyl (C=O) groups excluding carboxylic acids is 3. The molecule has 322 valence electrons. The molecule has 0 saturated carbocycles. The first kappa shape index (κ1) is 42.3. The normalized spacial score (nSPS) is 18.7. The summed E-state index contributed by atoms with van der Waals surface area (Å²) in [5.74, 6) is 0.409. The lowest BCUT2D eigenvalue weighted by molar-refractivity contribution is -0.120. The van der Waals surface area contributed by atoms with Crippen molar-refractivity contribution in [1.29, 1.82) is 0 Å². The first-order chi connectivity index (χ1) is 29.6. The smallest absolute Gasteiger partial charge is 0.328 e. The van der Waals surface area contributed by atoms with Crippen LogP contribution in [-0.2, 0) is 4.79 Å². The van der Waals surface area contributed by atoms with Crippen LogP contribution in [0.4, 0.5) is 21.9 Å². The molecule has 0 radical (unpaired) electrons. The molecule has 9 rings (SSSR count). The maximum Gasteiger partial charge on any atom is 0.328 e. The second-order valence-corrected chi connectivity index (χ2v) is 17.6. The van der Waals surface area contributed by atoms with Crippen LogP contribution in [0.3, 0.4) is 0 Å². The highest BCUT2D eigenvalue weighted by Crippen LogP contribution is 2.38. The number of fused-ring (bicyclic) bond motifs is 2. The van der Waals surface area contributed by atoms with E-state index >= 15 is 0 Å². The number of nitrogens with one attached hydrogen (secondary N) is 3. The summed E-state index contributed by atoms with van der Waals surface area (Å²) in [6.45, 7) is 17.5. The fourth-order valence-corrected chi connectivity index (χ4v) is 9.81. The second-order valence-electron chi connectivity index (χ2n) is 17.2. The maximum atomic E-state index is 13.2. The van der Waals surface area contributed by atoms with Crippen molar-refractivity contribution in [2.75, 3.05) is 67.1 Å². The molecule has 4 aliphatic heterocycles. The zero-order valence-electron chi connectivity index (χ0n) is 35.8. The van der Waals surface area contributed by atoms with Gasteiger partial charge in [0.05, 0.1) is 45.5 Å². The van der Waals surface area contributed by atoms with Crippen molar-refractivity contribution in [3.05, 3.63) is 84.2 Å². The van der Waals surface area contributed by atoms with Crippen LogP contribution in [-0.4, -0.2) is 101 Å². The Kier molecular flexibility index (Phi) is 13.0. The summed E-state index contributed by atoms with van der Waals surface area (Å²) in [4.78, 5) is 58.9. The van der Waals surface area contributed by atoms with Crippen molar-refractivity contribution in [1.82, 2.24) is 35.1 Å². The second kappa shape index (κ2) is 18.7. The Labute approximate surface area is 363 Å². The number of hydrogen-bond donors (Lipinski definition) is 3. The molecule has 3 aromatic heterocycles. The van der Waals surface area contributed by atoms with Crippen molar-refractivity contribution >= 4 is 73.9 Å².